The van der Waals surface area contributed by atoms with Crippen LogP contribution in [0.2, 0.25) is 0 Å². The quantitative estimate of drug-likeness (QED) is 0.342. The molecule has 3 heteroatoms. The summed E-state index contributed by atoms with van der Waals surface area (Å²) in [4.78, 5) is 0. The monoisotopic (exact) mass is 176 g/mol. The van der Waals surface area contributed by atoms with Gasteiger partial charge in [-0.15, -0.1) is 0 Å². The predicted molar refractivity (Wildman–Crippen MR) is 48.4 cm³/mol. The van der Waals surface area contributed by atoms with Gasteiger partial charge in [0.05, 0.1) is 0 Å². The molecule has 0 saturated carbocycles. The van der Waals surface area contributed by atoms with Crippen molar-refractivity contribution in [3.63, 3.8) is 0 Å². The molecule has 0 radical (unpaired) electrons. The SMILES string of the molecule is S=[P+]([S-])C1C=CCCC1. The highest BCUT2D eigenvalue weighted by atomic mass is 32.9. The fraction of sp³-hybridized carbons (Fsp3) is 0.667. The van der Waals surface area contributed by atoms with Gasteiger partial charge in [0, 0.05) is 5.90 Å². The maximum atomic E-state index is 5.03. The lowest BCUT2D eigenvalue weighted by Gasteiger charge is -2.10. The number of hydrogen-bond acceptors (Lipinski definition) is 2. The van der Waals surface area contributed by atoms with Crippen LogP contribution in [-0.4, -0.2) is 5.66 Å². The summed E-state index contributed by atoms with van der Waals surface area (Å²) in [6.45, 7) is 0. The summed E-state index contributed by atoms with van der Waals surface area (Å²) in [5.74, 6) is -0.539. The minimum absolute atomic E-state index is 0.539. The Hall–Kier alpha value is 0.610. The molecule has 0 nitrogen and oxygen atoms in total. The Morgan fingerprint density at radius 1 is 1.67 bits per heavy atom. The van der Waals surface area contributed by atoms with Gasteiger partial charge in [-0.25, -0.2) is 0 Å². The van der Waals surface area contributed by atoms with E-state index in [2.05, 4.69) is 12.2 Å². The molecule has 0 saturated heterocycles. The van der Waals surface area contributed by atoms with Gasteiger partial charge in [-0.2, -0.15) is 0 Å². The Morgan fingerprint density at radius 2 is 2.44 bits per heavy atom. The molecule has 0 amide bonds. The van der Waals surface area contributed by atoms with Crippen molar-refractivity contribution in [2.24, 2.45) is 0 Å². The molecule has 0 N–H and O–H groups in total. The van der Waals surface area contributed by atoms with Crippen molar-refractivity contribution in [2.45, 2.75) is 24.9 Å². The van der Waals surface area contributed by atoms with Crippen LogP contribution in [0, 0.1) is 0 Å². The average molecular weight is 176 g/mol. The molecule has 2 unspecified atom stereocenters. The van der Waals surface area contributed by atoms with Crippen molar-refractivity contribution in [3.05, 3.63) is 12.2 Å². The first-order valence-electron chi connectivity index (χ1n) is 3.11. The van der Waals surface area contributed by atoms with Crippen LogP contribution in [0.15, 0.2) is 12.2 Å². The molecule has 1 aliphatic carbocycles. The molecule has 1 aliphatic rings. The largest absolute Gasteiger partial charge is 0.478 e. The van der Waals surface area contributed by atoms with Crippen LogP contribution in [0.4, 0.5) is 0 Å². The van der Waals surface area contributed by atoms with Crippen LogP contribution in [0.25, 0.3) is 0 Å². The Bertz CT molecular complexity index is 142. The van der Waals surface area contributed by atoms with Crippen molar-refractivity contribution < 1.29 is 0 Å². The highest BCUT2D eigenvalue weighted by Gasteiger charge is 2.13. The van der Waals surface area contributed by atoms with E-state index in [0.29, 0.717) is 5.66 Å². The standard InChI is InChI=1S/C6H9PS2/c8-7(9)6-4-2-1-3-5-6/h2,4,6H,1,3,5H2. The van der Waals surface area contributed by atoms with Gasteiger partial charge in [0.25, 0.3) is 0 Å². The van der Waals surface area contributed by atoms with E-state index >= 15 is 0 Å². The molecule has 9 heavy (non-hydrogen) atoms. The van der Waals surface area contributed by atoms with E-state index in [0.717, 1.165) is 0 Å². The van der Waals surface area contributed by atoms with Gasteiger partial charge in [-0.3, -0.25) is 0 Å². The molecule has 0 fully saturated rings. The van der Waals surface area contributed by atoms with E-state index in [9.17, 15) is 0 Å². The van der Waals surface area contributed by atoms with Crippen LogP contribution in [0.1, 0.15) is 19.3 Å². The predicted octanol–water partition coefficient (Wildman–Crippen LogP) is 2.50. The molecule has 0 heterocycles. The van der Waals surface area contributed by atoms with Crippen LogP contribution in [0.5, 0.6) is 0 Å². The van der Waals surface area contributed by atoms with E-state index in [1.54, 1.807) is 0 Å². The molecule has 2 atom stereocenters. The molecule has 0 spiro atoms. The summed E-state index contributed by atoms with van der Waals surface area (Å²) in [5, 5.41) is 0. The average Bonchev–Trinajstić information content (AvgIpc) is 1.90. The van der Waals surface area contributed by atoms with E-state index in [1.807, 2.05) is 0 Å². The van der Waals surface area contributed by atoms with Gasteiger partial charge in [-0.05, 0) is 25.3 Å². The van der Waals surface area contributed by atoms with Gasteiger partial charge in [0.2, 0.25) is 0 Å². The first-order valence-corrected chi connectivity index (χ1v) is 6.54. The maximum Gasteiger partial charge on any atom is 0.133 e. The van der Waals surface area contributed by atoms with E-state index < -0.39 is 5.90 Å². The minimum Gasteiger partial charge on any atom is -0.478 e. The summed E-state index contributed by atoms with van der Waals surface area (Å²) in [7, 11) is 0. The number of allylic oxidation sites excluding steroid dienone is 2. The number of rotatable bonds is 1. The molecule has 0 aromatic rings. The zero-order chi connectivity index (χ0) is 6.69. The van der Waals surface area contributed by atoms with Crippen molar-refractivity contribution in [2.75, 3.05) is 0 Å². The molecule has 0 aliphatic heterocycles. The molecular formula is C6H9PS2. The van der Waals surface area contributed by atoms with Crippen LogP contribution in [-0.2, 0) is 24.1 Å². The highest BCUT2D eigenvalue weighted by Crippen LogP contribution is 2.32. The smallest absolute Gasteiger partial charge is 0.133 e. The normalized spacial score (nSPS) is 28.1. The van der Waals surface area contributed by atoms with Gasteiger partial charge in [-0.1, -0.05) is 6.08 Å². The molecule has 1 rings (SSSR count). The maximum absolute atomic E-state index is 5.03. The second-order valence-corrected chi connectivity index (χ2v) is 6.50. The molecule has 0 aromatic carbocycles. The summed E-state index contributed by atoms with van der Waals surface area (Å²) in [5.41, 5.74) is 0.568. The topological polar surface area (TPSA) is 0 Å². The third-order valence-corrected chi connectivity index (χ3v) is 4.10. The highest BCUT2D eigenvalue weighted by molar-refractivity contribution is 8.47. The summed E-state index contributed by atoms with van der Waals surface area (Å²) in [6, 6.07) is 0. The van der Waals surface area contributed by atoms with Gasteiger partial charge < -0.3 is 12.2 Å². The van der Waals surface area contributed by atoms with Crippen molar-refractivity contribution >= 4 is 30.0 Å². The second kappa shape index (κ2) is 3.70. The molecule has 50 valence electrons. The minimum atomic E-state index is -0.539. The Balaban J connectivity index is 2.50. The molecular weight excluding hydrogens is 167 g/mol. The van der Waals surface area contributed by atoms with Crippen molar-refractivity contribution in [1.29, 1.82) is 0 Å². The van der Waals surface area contributed by atoms with E-state index in [-0.39, 0.29) is 0 Å². The summed E-state index contributed by atoms with van der Waals surface area (Å²) >= 11 is 10.1. The van der Waals surface area contributed by atoms with Crippen LogP contribution >= 0.6 is 5.90 Å². The number of hydrogen-bond donors (Lipinski definition) is 0. The zero-order valence-electron chi connectivity index (χ0n) is 5.12. The van der Waals surface area contributed by atoms with E-state index in [4.69, 9.17) is 24.1 Å². The van der Waals surface area contributed by atoms with Crippen molar-refractivity contribution in [3.8, 4) is 0 Å². The lowest BCUT2D eigenvalue weighted by atomic mass is 10.1. The Kier molecular flexibility index (Phi) is 3.17. The van der Waals surface area contributed by atoms with Crippen LogP contribution < -0.4 is 0 Å². The zero-order valence-corrected chi connectivity index (χ0v) is 7.64. The van der Waals surface area contributed by atoms with E-state index in [1.165, 1.54) is 19.3 Å². The van der Waals surface area contributed by atoms with Gasteiger partial charge >= 0.3 is 0 Å². The lowest BCUT2D eigenvalue weighted by Crippen LogP contribution is -2.00. The summed E-state index contributed by atoms with van der Waals surface area (Å²) in [6.07, 6.45) is 8.16. The fourth-order valence-corrected chi connectivity index (χ4v) is 2.68. The third kappa shape index (κ3) is 2.37. The molecule has 0 bridgehead atoms. The van der Waals surface area contributed by atoms with Gasteiger partial charge in [0.1, 0.15) is 17.5 Å². The Labute approximate surface area is 67.3 Å². The first kappa shape index (κ1) is 7.71. The van der Waals surface area contributed by atoms with Gasteiger partial charge in [0.15, 0.2) is 0 Å². The van der Waals surface area contributed by atoms with Crippen LogP contribution in [0.3, 0.4) is 0 Å². The van der Waals surface area contributed by atoms with Crippen molar-refractivity contribution in [1.82, 2.24) is 0 Å². The Morgan fingerprint density at radius 3 is 2.78 bits per heavy atom. The summed E-state index contributed by atoms with van der Waals surface area (Å²) < 4.78 is 0. The lowest BCUT2D eigenvalue weighted by molar-refractivity contribution is 0.740. The first-order chi connectivity index (χ1) is 4.30. The molecule has 0 aromatic heterocycles. The second-order valence-electron chi connectivity index (χ2n) is 2.21. The third-order valence-electron chi connectivity index (χ3n) is 1.50. The fourth-order valence-electron chi connectivity index (χ4n) is 0.970.